The Labute approximate surface area is 131 Å². The summed E-state index contributed by atoms with van der Waals surface area (Å²) in [5, 5.41) is 21.3. The van der Waals surface area contributed by atoms with Crippen LogP contribution in [0.5, 0.6) is 0 Å². The third-order valence-corrected chi connectivity index (χ3v) is 4.11. The van der Waals surface area contributed by atoms with E-state index in [0.29, 0.717) is 0 Å². The molecule has 0 saturated carbocycles. The van der Waals surface area contributed by atoms with Crippen LogP contribution in [0.1, 0.15) is 50.7 Å². The number of rotatable bonds is 8. The highest BCUT2D eigenvalue weighted by Gasteiger charge is 2.10. The van der Waals surface area contributed by atoms with Gasteiger partial charge in [-0.05, 0) is 34.7 Å². The fourth-order valence-electron chi connectivity index (χ4n) is 2.81. The van der Waals surface area contributed by atoms with Crippen molar-refractivity contribution in [2.24, 2.45) is 5.92 Å². The highest BCUT2D eigenvalue weighted by Crippen LogP contribution is 2.24. The zero-order valence-electron chi connectivity index (χ0n) is 13.0. The number of carbonyl (C=O) groups is 1. The van der Waals surface area contributed by atoms with E-state index >= 15 is 0 Å². The normalized spacial score (nSPS) is 13.9. The van der Waals surface area contributed by atoms with E-state index in [1.807, 2.05) is 37.3 Å². The number of unbranched alkanes of at least 4 members (excludes halogenated alkanes) is 1. The maximum absolute atomic E-state index is 10.6. The average Bonchev–Trinajstić information content (AvgIpc) is 2.50. The zero-order chi connectivity index (χ0) is 15.9. The highest BCUT2D eigenvalue weighted by atomic mass is 16.4. The summed E-state index contributed by atoms with van der Waals surface area (Å²) in [5.74, 6) is -0.529. The van der Waals surface area contributed by atoms with E-state index in [2.05, 4.69) is 12.1 Å². The van der Waals surface area contributed by atoms with Crippen molar-refractivity contribution < 1.29 is 15.0 Å². The SMILES string of the molecule is CC(CCCCC(O)c1ccc2ccccc2c1)CC(=O)O. The van der Waals surface area contributed by atoms with Gasteiger partial charge in [0.05, 0.1) is 6.10 Å². The molecule has 2 atom stereocenters. The minimum Gasteiger partial charge on any atom is -0.481 e. The van der Waals surface area contributed by atoms with Crippen molar-refractivity contribution in [1.82, 2.24) is 0 Å². The van der Waals surface area contributed by atoms with Crippen LogP contribution < -0.4 is 0 Å². The van der Waals surface area contributed by atoms with Gasteiger partial charge < -0.3 is 10.2 Å². The number of aliphatic hydroxyl groups is 1. The Morgan fingerprint density at radius 2 is 1.73 bits per heavy atom. The van der Waals surface area contributed by atoms with Crippen LogP contribution in [0.3, 0.4) is 0 Å². The minimum absolute atomic E-state index is 0.204. The van der Waals surface area contributed by atoms with Gasteiger partial charge in [0.25, 0.3) is 0 Å². The van der Waals surface area contributed by atoms with Crippen LogP contribution in [0.4, 0.5) is 0 Å². The van der Waals surface area contributed by atoms with E-state index < -0.39 is 12.1 Å². The number of carboxylic acid groups (broad SMARTS) is 1. The lowest BCUT2D eigenvalue weighted by atomic mass is 9.96. The molecule has 3 heteroatoms. The summed E-state index contributed by atoms with van der Waals surface area (Å²) in [6, 6.07) is 14.2. The van der Waals surface area contributed by atoms with E-state index in [0.717, 1.165) is 36.6 Å². The maximum Gasteiger partial charge on any atom is 0.303 e. The molecule has 0 spiro atoms. The molecular weight excluding hydrogens is 276 g/mol. The molecule has 118 valence electrons. The number of aliphatic carboxylic acids is 1. The van der Waals surface area contributed by atoms with Crippen molar-refractivity contribution in [3.8, 4) is 0 Å². The van der Waals surface area contributed by atoms with Crippen molar-refractivity contribution in [2.75, 3.05) is 0 Å². The average molecular weight is 300 g/mol. The van der Waals surface area contributed by atoms with Crippen molar-refractivity contribution >= 4 is 16.7 Å². The Hall–Kier alpha value is -1.87. The Balaban J connectivity index is 1.81. The third-order valence-electron chi connectivity index (χ3n) is 4.11. The second-order valence-corrected chi connectivity index (χ2v) is 6.11. The number of benzene rings is 2. The summed E-state index contributed by atoms with van der Waals surface area (Å²) in [5.41, 5.74) is 0.956. The molecule has 0 heterocycles. The monoisotopic (exact) mass is 300 g/mol. The second-order valence-electron chi connectivity index (χ2n) is 6.11. The predicted molar refractivity (Wildman–Crippen MR) is 88.8 cm³/mol. The van der Waals surface area contributed by atoms with Crippen LogP contribution in [0.25, 0.3) is 10.8 Å². The van der Waals surface area contributed by atoms with E-state index in [4.69, 9.17) is 5.11 Å². The predicted octanol–water partition coefficient (Wildman–Crippen LogP) is 4.54. The number of hydrogen-bond acceptors (Lipinski definition) is 2. The van der Waals surface area contributed by atoms with E-state index in [-0.39, 0.29) is 12.3 Å². The van der Waals surface area contributed by atoms with Crippen LogP contribution in [0, 0.1) is 5.92 Å². The first-order chi connectivity index (χ1) is 10.6. The number of hydrogen-bond donors (Lipinski definition) is 2. The molecular formula is C19H24O3. The molecule has 22 heavy (non-hydrogen) atoms. The van der Waals surface area contributed by atoms with Gasteiger partial charge in [-0.2, -0.15) is 0 Å². The standard InChI is InChI=1S/C19H24O3/c1-14(12-19(21)22)6-2-5-9-18(20)17-11-10-15-7-3-4-8-16(15)13-17/h3-4,7-8,10-11,13-14,18,20H,2,5-6,9,12H2,1H3,(H,21,22). The quantitative estimate of drug-likeness (QED) is 0.703. The smallest absolute Gasteiger partial charge is 0.303 e. The summed E-state index contributed by atoms with van der Waals surface area (Å²) in [7, 11) is 0. The van der Waals surface area contributed by atoms with Crippen molar-refractivity contribution in [1.29, 1.82) is 0 Å². The molecule has 0 aliphatic rings. The summed E-state index contributed by atoms with van der Waals surface area (Å²) in [4.78, 5) is 10.6. The molecule has 2 N–H and O–H groups in total. The molecule has 0 aliphatic heterocycles. The van der Waals surface area contributed by atoms with Crippen molar-refractivity contribution in [2.45, 2.75) is 45.1 Å². The van der Waals surface area contributed by atoms with Gasteiger partial charge in [0.15, 0.2) is 0 Å². The first kappa shape index (κ1) is 16.5. The number of fused-ring (bicyclic) bond motifs is 1. The molecule has 0 bridgehead atoms. The third kappa shape index (κ3) is 4.85. The van der Waals surface area contributed by atoms with Gasteiger partial charge in [0.2, 0.25) is 0 Å². The van der Waals surface area contributed by atoms with Crippen LogP contribution >= 0.6 is 0 Å². The van der Waals surface area contributed by atoms with Crippen LogP contribution in [0.15, 0.2) is 42.5 Å². The van der Waals surface area contributed by atoms with Crippen molar-refractivity contribution in [3.05, 3.63) is 48.0 Å². The summed E-state index contributed by atoms with van der Waals surface area (Å²) in [6.45, 7) is 1.97. The molecule has 0 fully saturated rings. The molecule has 0 amide bonds. The number of aliphatic hydroxyl groups excluding tert-OH is 1. The Bertz CT molecular complexity index is 621. The summed E-state index contributed by atoms with van der Waals surface area (Å²) < 4.78 is 0. The molecule has 2 aromatic carbocycles. The first-order valence-corrected chi connectivity index (χ1v) is 7.95. The minimum atomic E-state index is -0.733. The van der Waals surface area contributed by atoms with E-state index in [9.17, 15) is 9.90 Å². The first-order valence-electron chi connectivity index (χ1n) is 7.95. The fourth-order valence-corrected chi connectivity index (χ4v) is 2.81. The molecule has 0 radical (unpaired) electrons. The van der Waals surface area contributed by atoms with Gasteiger partial charge in [-0.1, -0.05) is 62.6 Å². The summed E-state index contributed by atoms with van der Waals surface area (Å²) in [6.07, 6.45) is 3.28. The van der Waals surface area contributed by atoms with Crippen LogP contribution in [-0.2, 0) is 4.79 Å². The largest absolute Gasteiger partial charge is 0.481 e. The van der Waals surface area contributed by atoms with E-state index in [1.54, 1.807) is 0 Å². The molecule has 0 aromatic heterocycles. The number of carboxylic acids is 1. The lowest BCUT2D eigenvalue weighted by molar-refractivity contribution is -0.138. The second kappa shape index (κ2) is 7.95. The molecule has 0 aliphatic carbocycles. The van der Waals surface area contributed by atoms with Gasteiger partial charge in [-0.15, -0.1) is 0 Å². The summed E-state index contributed by atoms with van der Waals surface area (Å²) >= 11 is 0. The molecule has 0 saturated heterocycles. The van der Waals surface area contributed by atoms with Gasteiger partial charge in [-0.3, -0.25) is 4.79 Å². The Morgan fingerprint density at radius 1 is 1.05 bits per heavy atom. The van der Waals surface area contributed by atoms with Gasteiger partial charge in [-0.25, -0.2) is 0 Å². The molecule has 2 rings (SSSR count). The molecule has 2 unspecified atom stereocenters. The van der Waals surface area contributed by atoms with Crippen molar-refractivity contribution in [3.63, 3.8) is 0 Å². The Kier molecular flexibility index (Phi) is 5.96. The lowest BCUT2D eigenvalue weighted by Gasteiger charge is -2.13. The zero-order valence-corrected chi connectivity index (χ0v) is 13.0. The highest BCUT2D eigenvalue weighted by molar-refractivity contribution is 5.83. The molecule has 3 nitrogen and oxygen atoms in total. The van der Waals surface area contributed by atoms with E-state index in [1.165, 1.54) is 5.39 Å². The van der Waals surface area contributed by atoms with Crippen LogP contribution in [0.2, 0.25) is 0 Å². The Morgan fingerprint density at radius 3 is 2.45 bits per heavy atom. The molecule has 2 aromatic rings. The van der Waals surface area contributed by atoms with Gasteiger partial charge in [0, 0.05) is 6.42 Å². The van der Waals surface area contributed by atoms with Gasteiger partial charge >= 0.3 is 5.97 Å². The fraction of sp³-hybridized carbons (Fsp3) is 0.421. The van der Waals surface area contributed by atoms with Gasteiger partial charge in [0.1, 0.15) is 0 Å². The maximum atomic E-state index is 10.6. The topological polar surface area (TPSA) is 57.5 Å². The van der Waals surface area contributed by atoms with Crippen LogP contribution in [-0.4, -0.2) is 16.2 Å². The lowest BCUT2D eigenvalue weighted by Crippen LogP contribution is -2.04.